The lowest BCUT2D eigenvalue weighted by Crippen LogP contribution is -2.45. The van der Waals surface area contributed by atoms with Crippen molar-refractivity contribution in [2.24, 2.45) is 11.7 Å². The van der Waals surface area contributed by atoms with E-state index in [2.05, 4.69) is 5.16 Å². The van der Waals surface area contributed by atoms with Gasteiger partial charge in [-0.3, -0.25) is 4.79 Å². The first-order valence-electron chi connectivity index (χ1n) is 5.60. The number of nitrogens with two attached hydrogens (primary N) is 1. The number of fused-ring (bicyclic) bond motifs is 1. The van der Waals surface area contributed by atoms with E-state index in [1.807, 2.05) is 13.8 Å². The molecule has 88 valence electrons. The third kappa shape index (κ3) is 1.82. The molecule has 1 aromatic rings. The van der Waals surface area contributed by atoms with Gasteiger partial charge in [-0.15, -0.1) is 0 Å². The molecule has 16 heavy (non-hydrogen) atoms. The number of hydrogen-bond acceptors (Lipinski definition) is 4. The van der Waals surface area contributed by atoms with Crippen LogP contribution in [0, 0.1) is 5.92 Å². The van der Waals surface area contributed by atoms with Crippen LogP contribution in [0.3, 0.4) is 0 Å². The molecule has 0 aliphatic carbocycles. The molecule has 2 N–H and O–H groups in total. The van der Waals surface area contributed by atoms with E-state index in [4.69, 9.17) is 10.3 Å². The molecule has 2 heterocycles. The van der Waals surface area contributed by atoms with Crippen LogP contribution < -0.4 is 5.73 Å². The standard InChI is InChI=1S/C11H17N3O2/c1-3-7(2)10(12)11(15)14-4-8-6-16-13-9(8)5-14/h6-7,10H,3-5,12H2,1-2H3/t7-,10+/m1/s1. The van der Waals surface area contributed by atoms with Gasteiger partial charge in [0.25, 0.3) is 0 Å². The minimum atomic E-state index is -0.411. The predicted octanol–water partition coefficient (Wildman–Crippen LogP) is 0.890. The minimum absolute atomic E-state index is 0.00681. The van der Waals surface area contributed by atoms with Gasteiger partial charge in [-0.05, 0) is 5.92 Å². The topological polar surface area (TPSA) is 72.4 Å². The molecule has 0 spiro atoms. The number of amides is 1. The van der Waals surface area contributed by atoms with E-state index in [-0.39, 0.29) is 11.8 Å². The third-order valence-electron chi connectivity index (χ3n) is 3.28. The average Bonchev–Trinajstić information content (AvgIpc) is 2.85. The summed E-state index contributed by atoms with van der Waals surface area (Å²) in [5, 5.41) is 3.84. The molecular formula is C11H17N3O2. The van der Waals surface area contributed by atoms with E-state index in [9.17, 15) is 4.79 Å². The predicted molar refractivity (Wildman–Crippen MR) is 58.2 cm³/mol. The van der Waals surface area contributed by atoms with E-state index in [0.717, 1.165) is 17.7 Å². The van der Waals surface area contributed by atoms with Crippen molar-refractivity contribution >= 4 is 5.91 Å². The molecule has 0 fully saturated rings. The van der Waals surface area contributed by atoms with E-state index >= 15 is 0 Å². The fourth-order valence-corrected chi connectivity index (χ4v) is 1.85. The van der Waals surface area contributed by atoms with Crippen molar-refractivity contribution in [3.05, 3.63) is 17.5 Å². The molecule has 0 unspecified atom stereocenters. The van der Waals surface area contributed by atoms with Gasteiger partial charge in [0.05, 0.1) is 19.1 Å². The molecule has 5 nitrogen and oxygen atoms in total. The second-order valence-electron chi connectivity index (χ2n) is 4.39. The first-order valence-corrected chi connectivity index (χ1v) is 5.60. The van der Waals surface area contributed by atoms with Gasteiger partial charge in [-0.2, -0.15) is 0 Å². The first kappa shape index (κ1) is 11.1. The molecule has 0 aromatic carbocycles. The summed E-state index contributed by atoms with van der Waals surface area (Å²) in [6.07, 6.45) is 2.50. The van der Waals surface area contributed by atoms with Crippen molar-refractivity contribution in [1.82, 2.24) is 10.1 Å². The Kier molecular flexibility index (Phi) is 2.96. The molecule has 2 atom stereocenters. The number of carbonyl (C=O) groups is 1. The molecule has 5 heteroatoms. The van der Waals surface area contributed by atoms with Crippen LogP contribution in [-0.4, -0.2) is 22.0 Å². The quantitative estimate of drug-likeness (QED) is 0.826. The Morgan fingerprint density at radius 1 is 1.69 bits per heavy atom. The summed E-state index contributed by atoms with van der Waals surface area (Å²) in [6, 6.07) is -0.411. The monoisotopic (exact) mass is 223 g/mol. The Hall–Kier alpha value is -1.36. The van der Waals surface area contributed by atoms with Gasteiger partial charge < -0.3 is 15.2 Å². The minimum Gasteiger partial charge on any atom is -0.364 e. The van der Waals surface area contributed by atoms with Gasteiger partial charge in [-0.1, -0.05) is 25.4 Å². The summed E-state index contributed by atoms with van der Waals surface area (Å²) in [6.45, 7) is 5.13. The summed E-state index contributed by atoms with van der Waals surface area (Å²) in [5.41, 5.74) is 7.76. The SMILES string of the molecule is CC[C@@H](C)[C@H](N)C(=O)N1Cc2conc2C1. The van der Waals surface area contributed by atoms with Crippen LogP contribution in [0.25, 0.3) is 0 Å². The Morgan fingerprint density at radius 3 is 3.06 bits per heavy atom. The van der Waals surface area contributed by atoms with Crippen LogP contribution in [0.15, 0.2) is 10.8 Å². The maximum Gasteiger partial charge on any atom is 0.240 e. The van der Waals surface area contributed by atoms with E-state index in [1.165, 1.54) is 0 Å². The molecule has 1 aliphatic rings. The molecule has 0 saturated carbocycles. The molecular weight excluding hydrogens is 206 g/mol. The highest BCUT2D eigenvalue weighted by molar-refractivity contribution is 5.82. The molecule has 1 aliphatic heterocycles. The van der Waals surface area contributed by atoms with Crippen molar-refractivity contribution in [2.45, 2.75) is 39.4 Å². The van der Waals surface area contributed by atoms with Gasteiger partial charge in [0.2, 0.25) is 5.91 Å². The summed E-state index contributed by atoms with van der Waals surface area (Å²) >= 11 is 0. The second kappa shape index (κ2) is 4.25. The highest BCUT2D eigenvalue weighted by Gasteiger charge is 2.31. The number of nitrogens with zero attached hydrogens (tertiary/aromatic N) is 2. The molecule has 0 radical (unpaired) electrons. The van der Waals surface area contributed by atoms with Crippen molar-refractivity contribution < 1.29 is 9.32 Å². The van der Waals surface area contributed by atoms with Crippen LogP contribution in [0.5, 0.6) is 0 Å². The van der Waals surface area contributed by atoms with Crippen molar-refractivity contribution in [3.8, 4) is 0 Å². The van der Waals surface area contributed by atoms with Gasteiger partial charge >= 0.3 is 0 Å². The van der Waals surface area contributed by atoms with Gasteiger partial charge in [0, 0.05) is 5.56 Å². The summed E-state index contributed by atoms with van der Waals surface area (Å²) in [5.74, 6) is 0.215. The Labute approximate surface area is 94.6 Å². The lowest BCUT2D eigenvalue weighted by molar-refractivity contribution is -0.134. The Morgan fingerprint density at radius 2 is 2.44 bits per heavy atom. The molecule has 0 saturated heterocycles. The fourth-order valence-electron chi connectivity index (χ4n) is 1.85. The Bertz CT molecular complexity index is 368. The maximum atomic E-state index is 12.1. The highest BCUT2D eigenvalue weighted by Crippen LogP contribution is 2.22. The summed E-state index contributed by atoms with van der Waals surface area (Å²) < 4.78 is 4.83. The molecule has 0 bridgehead atoms. The average molecular weight is 223 g/mol. The van der Waals surface area contributed by atoms with Crippen molar-refractivity contribution in [1.29, 1.82) is 0 Å². The lowest BCUT2D eigenvalue weighted by atomic mass is 9.99. The summed E-state index contributed by atoms with van der Waals surface area (Å²) in [7, 11) is 0. The van der Waals surface area contributed by atoms with E-state index in [0.29, 0.717) is 13.1 Å². The van der Waals surface area contributed by atoms with E-state index in [1.54, 1.807) is 11.2 Å². The molecule has 2 rings (SSSR count). The first-order chi connectivity index (χ1) is 7.63. The van der Waals surface area contributed by atoms with E-state index < -0.39 is 6.04 Å². The van der Waals surface area contributed by atoms with Crippen LogP contribution in [0.2, 0.25) is 0 Å². The molecule has 1 amide bonds. The molecule has 1 aromatic heterocycles. The largest absolute Gasteiger partial charge is 0.364 e. The Balaban J connectivity index is 2.01. The van der Waals surface area contributed by atoms with Crippen LogP contribution >= 0.6 is 0 Å². The van der Waals surface area contributed by atoms with Crippen LogP contribution in [0.1, 0.15) is 31.5 Å². The maximum absolute atomic E-state index is 12.1. The van der Waals surface area contributed by atoms with Crippen molar-refractivity contribution in [2.75, 3.05) is 0 Å². The van der Waals surface area contributed by atoms with Gasteiger partial charge in [0.15, 0.2) is 0 Å². The van der Waals surface area contributed by atoms with Gasteiger partial charge in [0.1, 0.15) is 12.0 Å². The summed E-state index contributed by atoms with van der Waals surface area (Å²) in [4.78, 5) is 13.8. The number of carbonyl (C=O) groups excluding carboxylic acids is 1. The zero-order valence-electron chi connectivity index (χ0n) is 9.64. The lowest BCUT2D eigenvalue weighted by Gasteiger charge is -2.23. The normalized spacial score (nSPS) is 18.3. The number of aromatic nitrogens is 1. The highest BCUT2D eigenvalue weighted by atomic mass is 16.5. The van der Waals surface area contributed by atoms with Crippen LogP contribution in [0.4, 0.5) is 0 Å². The van der Waals surface area contributed by atoms with Crippen molar-refractivity contribution in [3.63, 3.8) is 0 Å². The zero-order chi connectivity index (χ0) is 11.7. The third-order valence-corrected chi connectivity index (χ3v) is 3.28. The van der Waals surface area contributed by atoms with Gasteiger partial charge in [-0.25, -0.2) is 0 Å². The smallest absolute Gasteiger partial charge is 0.240 e. The second-order valence-corrected chi connectivity index (χ2v) is 4.39. The zero-order valence-corrected chi connectivity index (χ0v) is 9.64. The van der Waals surface area contributed by atoms with Crippen LogP contribution in [-0.2, 0) is 17.9 Å². The fraction of sp³-hybridized carbons (Fsp3) is 0.636. The number of hydrogen-bond donors (Lipinski definition) is 1. The number of rotatable bonds is 3.